The molecule has 1 unspecified atom stereocenters. The smallest absolute Gasteiger partial charge is 0.278 e. The van der Waals surface area contributed by atoms with Gasteiger partial charge >= 0.3 is 0 Å². The fraction of sp³-hybridized carbons (Fsp3) is 0.778. The molecule has 1 aliphatic rings. The van der Waals surface area contributed by atoms with Crippen LogP contribution in [0.3, 0.4) is 0 Å². The molecule has 2 heteroatoms. The van der Waals surface area contributed by atoms with E-state index in [-0.39, 0.29) is 6.10 Å². The Morgan fingerprint density at radius 2 is 2.09 bits per heavy atom. The third-order valence-electron chi connectivity index (χ3n) is 1.90. The summed E-state index contributed by atoms with van der Waals surface area (Å²) >= 11 is 0. The van der Waals surface area contributed by atoms with Gasteiger partial charge in [0.15, 0.2) is 0 Å². The van der Waals surface area contributed by atoms with E-state index < -0.39 is 0 Å². The van der Waals surface area contributed by atoms with E-state index in [0.717, 1.165) is 18.8 Å². The lowest BCUT2D eigenvalue weighted by Crippen LogP contribution is -2.00. The molecule has 1 heterocycles. The average molecular weight is 156 g/mol. The van der Waals surface area contributed by atoms with Gasteiger partial charge in [0.1, 0.15) is 12.7 Å². The van der Waals surface area contributed by atoms with E-state index >= 15 is 0 Å². The first-order valence-corrected chi connectivity index (χ1v) is 4.29. The molecule has 1 fully saturated rings. The van der Waals surface area contributed by atoms with Crippen LogP contribution in [-0.4, -0.2) is 12.7 Å². The molecule has 0 aromatic rings. The van der Waals surface area contributed by atoms with Crippen LogP contribution in [0.15, 0.2) is 11.5 Å². The van der Waals surface area contributed by atoms with E-state index in [1.165, 1.54) is 5.57 Å². The Hall–Kier alpha value is -0.660. The second kappa shape index (κ2) is 3.65. The minimum atomic E-state index is 0.234. The maximum Gasteiger partial charge on any atom is 0.278 e. The minimum absolute atomic E-state index is 0.234. The van der Waals surface area contributed by atoms with Gasteiger partial charge in [-0.05, 0) is 19.8 Å². The molecule has 64 valence electrons. The zero-order valence-electron chi connectivity index (χ0n) is 7.52. The number of rotatable bonds is 2. The molecule has 0 aromatic heterocycles. The Labute approximate surface area is 68.2 Å². The number of ether oxygens (including phenoxy) is 2. The van der Waals surface area contributed by atoms with Crippen molar-refractivity contribution in [2.45, 2.75) is 39.7 Å². The zero-order valence-corrected chi connectivity index (χ0v) is 7.52. The van der Waals surface area contributed by atoms with E-state index in [4.69, 9.17) is 9.47 Å². The third-order valence-corrected chi connectivity index (χ3v) is 1.90. The molecule has 11 heavy (non-hydrogen) atoms. The van der Waals surface area contributed by atoms with Crippen molar-refractivity contribution >= 4 is 0 Å². The highest BCUT2D eigenvalue weighted by atomic mass is 16.7. The molecule has 2 nitrogen and oxygen atoms in total. The summed E-state index contributed by atoms with van der Waals surface area (Å²) in [5, 5.41) is 0. The van der Waals surface area contributed by atoms with Gasteiger partial charge in [0.2, 0.25) is 0 Å². The van der Waals surface area contributed by atoms with Crippen LogP contribution in [0.2, 0.25) is 0 Å². The number of hydrogen-bond acceptors (Lipinski definition) is 2. The highest BCUT2D eigenvalue weighted by Crippen LogP contribution is 2.22. The molecule has 0 N–H and O–H groups in total. The van der Waals surface area contributed by atoms with Crippen molar-refractivity contribution in [1.82, 2.24) is 0 Å². The summed E-state index contributed by atoms with van der Waals surface area (Å²) in [5.41, 5.74) is 1.29. The molecular formula is C9H16O2. The van der Waals surface area contributed by atoms with E-state index in [1.54, 1.807) is 0 Å². The monoisotopic (exact) mass is 156 g/mol. The molecule has 0 saturated carbocycles. The largest absolute Gasteiger partial charge is 0.462 e. The van der Waals surface area contributed by atoms with Crippen LogP contribution in [0.4, 0.5) is 0 Å². The maximum atomic E-state index is 5.46. The summed E-state index contributed by atoms with van der Waals surface area (Å²) in [5.74, 6) is 0.780. The van der Waals surface area contributed by atoms with Crippen LogP contribution in [-0.2, 0) is 9.47 Å². The molecule has 0 amide bonds. The van der Waals surface area contributed by atoms with Gasteiger partial charge in [0, 0.05) is 5.57 Å². The van der Waals surface area contributed by atoms with Crippen molar-refractivity contribution in [3.8, 4) is 0 Å². The summed E-state index contributed by atoms with van der Waals surface area (Å²) in [6.45, 7) is 6.98. The summed E-state index contributed by atoms with van der Waals surface area (Å²) in [4.78, 5) is 0. The molecule has 1 aliphatic heterocycles. The Balaban J connectivity index is 2.62. The van der Waals surface area contributed by atoms with Crippen LogP contribution in [0.25, 0.3) is 0 Å². The fourth-order valence-corrected chi connectivity index (χ4v) is 1.17. The standard InChI is InChI=1S/C9H16O2/c1-4-8(5-2)9-10-6-7(3)11-9/h7H,4-6H2,1-3H3. The van der Waals surface area contributed by atoms with Crippen LogP contribution in [0, 0.1) is 0 Å². The second-order valence-electron chi connectivity index (χ2n) is 2.84. The van der Waals surface area contributed by atoms with E-state index in [0.29, 0.717) is 6.61 Å². The average Bonchev–Trinajstić information content (AvgIpc) is 2.39. The molecule has 1 saturated heterocycles. The minimum Gasteiger partial charge on any atom is -0.462 e. The molecule has 0 spiro atoms. The zero-order chi connectivity index (χ0) is 8.27. The van der Waals surface area contributed by atoms with Gasteiger partial charge in [-0.3, -0.25) is 0 Å². The first kappa shape index (κ1) is 8.44. The lowest BCUT2D eigenvalue weighted by Gasteiger charge is -2.04. The van der Waals surface area contributed by atoms with E-state index in [9.17, 15) is 0 Å². The van der Waals surface area contributed by atoms with Crippen molar-refractivity contribution in [2.24, 2.45) is 0 Å². The summed E-state index contributed by atoms with van der Waals surface area (Å²) in [7, 11) is 0. The first-order chi connectivity index (χ1) is 5.27. The normalized spacial score (nSPS) is 22.8. The van der Waals surface area contributed by atoms with Crippen molar-refractivity contribution in [3.63, 3.8) is 0 Å². The SMILES string of the molecule is CCC(CC)=C1OCC(C)O1. The van der Waals surface area contributed by atoms with Gasteiger partial charge in [0.05, 0.1) is 0 Å². The van der Waals surface area contributed by atoms with Crippen LogP contribution in [0.5, 0.6) is 0 Å². The fourth-order valence-electron chi connectivity index (χ4n) is 1.17. The number of allylic oxidation sites excluding steroid dienone is 1. The van der Waals surface area contributed by atoms with Crippen molar-refractivity contribution in [2.75, 3.05) is 6.61 Å². The quantitative estimate of drug-likeness (QED) is 0.611. The topological polar surface area (TPSA) is 18.5 Å². The van der Waals surface area contributed by atoms with Crippen molar-refractivity contribution in [3.05, 3.63) is 11.5 Å². The Morgan fingerprint density at radius 3 is 2.45 bits per heavy atom. The highest BCUT2D eigenvalue weighted by molar-refractivity contribution is 5.04. The number of hydrogen-bond donors (Lipinski definition) is 0. The highest BCUT2D eigenvalue weighted by Gasteiger charge is 2.19. The van der Waals surface area contributed by atoms with Gasteiger partial charge in [0.25, 0.3) is 5.95 Å². The first-order valence-electron chi connectivity index (χ1n) is 4.29. The second-order valence-corrected chi connectivity index (χ2v) is 2.84. The van der Waals surface area contributed by atoms with E-state index in [2.05, 4.69) is 13.8 Å². The van der Waals surface area contributed by atoms with Gasteiger partial charge < -0.3 is 9.47 Å². The lowest BCUT2D eigenvalue weighted by atomic mass is 10.2. The molecule has 1 rings (SSSR count). The van der Waals surface area contributed by atoms with Gasteiger partial charge in [-0.2, -0.15) is 0 Å². The predicted molar refractivity (Wildman–Crippen MR) is 44.1 cm³/mol. The molecule has 1 atom stereocenters. The van der Waals surface area contributed by atoms with Gasteiger partial charge in [-0.15, -0.1) is 0 Å². The lowest BCUT2D eigenvalue weighted by molar-refractivity contribution is 0.143. The Morgan fingerprint density at radius 1 is 1.45 bits per heavy atom. The van der Waals surface area contributed by atoms with Crippen molar-refractivity contribution < 1.29 is 9.47 Å². The van der Waals surface area contributed by atoms with Gasteiger partial charge in [-0.1, -0.05) is 13.8 Å². The molecular weight excluding hydrogens is 140 g/mol. The van der Waals surface area contributed by atoms with Crippen LogP contribution in [0.1, 0.15) is 33.6 Å². The van der Waals surface area contributed by atoms with Crippen LogP contribution < -0.4 is 0 Å². The Kier molecular flexibility index (Phi) is 2.80. The summed E-state index contributed by atoms with van der Waals surface area (Å²) < 4.78 is 10.8. The van der Waals surface area contributed by atoms with Gasteiger partial charge in [-0.25, -0.2) is 0 Å². The molecule has 0 radical (unpaired) electrons. The summed E-state index contributed by atoms with van der Waals surface area (Å²) in [6.07, 6.45) is 2.29. The molecule has 0 aliphatic carbocycles. The molecule has 0 bridgehead atoms. The van der Waals surface area contributed by atoms with Crippen molar-refractivity contribution in [1.29, 1.82) is 0 Å². The third kappa shape index (κ3) is 1.88. The van der Waals surface area contributed by atoms with E-state index in [1.807, 2.05) is 6.92 Å². The van der Waals surface area contributed by atoms with Crippen LogP contribution >= 0.6 is 0 Å². The maximum absolute atomic E-state index is 5.46. The Bertz CT molecular complexity index is 155. The summed E-state index contributed by atoms with van der Waals surface area (Å²) in [6, 6.07) is 0. The predicted octanol–water partition coefficient (Wildman–Crippen LogP) is 2.45. The molecule has 0 aromatic carbocycles.